The number of nitrogens with zero attached hydrogens (tertiary/aromatic N) is 1. The monoisotopic (exact) mass is 299 g/mol. The first-order chi connectivity index (χ1) is 9.62. The van der Waals surface area contributed by atoms with Gasteiger partial charge < -0.3 is 14.6 Å². The van der Waals surface area contributed by atoms with E-state index in [1.807, 2.05) is 0 Å². The van der Waals surface area contributed by atoms with Crippen LogP contribution in [0.3, 0.4) is 0 Å². The van der Waals surface area contributed by atoms with Gasteiger partial charge in [0, 0.05) is 25.0 Å². The van der Waals surface area contributed by atoms with E-state index >= 15 is 0 Å². The van der Waals surface area contributed by atoms with Crippen LogP contribution in [0.15, 0.2) is 12.2 Å². The van der Waals surface area contributed by atoms with Crippen molar-refractivity contribution in [1.29, 1.82) is 0 Å². The number of rotatable bonds is 3. The number of hydrogen-bond donors (Lipinski definition) is 1. The summed E-state index contributed by atoms with van der Waals surface area (Å²) in [7, 11) is 1.28. The van der Waals surface area contributed by atoms with Gasteiger partial charge in [0.15, 0.2) is 0 Å². The zero-order chi connectivity index (χ0) is 16.4. The van der Waals surface area contributed by atoms with Gasteiger partial charge in [-0.25, -0.2) is 9.59 Å². The third-order valence-corrected chi connectivity index (χ3v) is 3.49. The number of ether oxygens (including phenoxy) is 2. The minimum Gasteiger partial charge on any atom is -0.467 e. The Kier molecular flexibility index (Phi) is 5.39. The number of amides is 1. The number of hydrogen-bond acceptors (Lipinski definition) is 5. The minimum absolute atomic E-state index is 0.135. The molecule has 0 radical (unpaired) electrons. The lowest BCUT2D eigenvalue weighted by molar-refractivity contribution is -0.146. The van der Waals surface area contributed by atoms with Gasteiger partial charge in [0.2, 0.25) is 0 Å². The molecule has 1 aliphatic heterocycles. The number of aliphatic hydroxyl groups excluding tert-OH is 1. The normalized spacial score (nSPS) is 25.6. The molecule has 120 valence electrons. The predicted molar refractivity (Wildman–Crippen MR) is 77.6 cm³/mol. The molecule has 0 bridgehead atoms. The molecule has 1 saturated heterocycles. The summed E-state index contributed by atoms with van der Waals surface area (Å²) in [6, 6.07) is -0.806. The lowest BCUT2D eigenvalue weighted by Crippen LogP contribution is -2.46. The highest BCUT2D eigenvalue weighted by Gasteiger charge is 2.49. The molecule has 0 spiro atoms. The van der Waals surface area contributed by atoms with Gasteiger partial charge >= 0.3 is 12.1 Å². The second kappa shape index (κ2) is 6.47. The molecule has 1 aliphatic rings. The molecule has 3 atom stereocenters. The molecule has 1 N–H and O–H groups in total. The molecule has 21 heavy (non-hydrogen) atoms. The molecule has 1 amide bonds. The second-order valence-corrected chi connectivity index (χ2v) is 6.42. The molecule has 6 heteroatoms. The van der Waals surface area contributed by atoms with E-state index in [0.717, 1.165) is 5.57 Å². The maximum absolute atomic E-state index is 12.3. The maximum atomic E-state index is 12.3. The molecule has 6 nitrogen and oxygen atoms in total. The highest BCUT2D eigenvalue weighted by molar-refractivity contribution is 5.83. The molecule has 1 heterocycles. The molecular formula is C15H25NO5. The quantitative estimate of drug-likeness (QED) is 0.632. The van der Waals surface area contributed by atoms with Crippen LogP contribution in [0.2, 0.25) is 0 Å². The van der Waals surface area contributed by atoms with Crippen LogP contribution in [0.5, 0.6) is 0 Å². The van der Waals surface area contributed by atoms with Crippen molar-refractivity contribution in [1.82, 2.24) is 4.90 Å². The van der Waals surface area contributed by atoms with E-state index in [1.165, 1.54) is 12.0 Å². The van der Waals surface area contributed by atoms with E-state index in [2.05, 4.69) is 6.58 Å². The molecular weight excluding hydrogens is 274 g/mol. The standard InChI is InChI=1S/C15H25NO5/c1-9(2)11-10(8-17)7-16(12(11)13(18)20-6)14(19)21-15(3,4)5/h10-12,17H,1,7-8H2,2-6H3/t10-,11+,12+/m0/s1. The van der Waals surface area contributed by atoms with Crippen LogP contribution in [-0.4, -0.2) is 54.0 Å². The first kappa shape index (κ1) is 17.5. The van der Waals surface area contributed by atoms with Crippen LogP contribution in [0.1, 0.15) is 27.7 Å². The summed E-state index contributed by atoms with van der Waals surface area (Å²) >= 11 is 0. The second-order valence-electron chi connectivity index (χ2n) is 6.42. The zero-order valence-corrected chi connectivity index (χ0v) is 13.4. The summed E-state index contributed by atoms with van der Waals surface area (Å²) in [5.74, 6) is -1.11. The van der Waals surface area contributed by atoms with Gasteiger partial charge in [-0.05, 0) is 27.7 Å². The van der Waals surface area contributed by atoms with Gasteiger partial charge in [-0.15, -0.1) is 0 Å². The molecule has 0 aliphatic carbocycles. The van der Waals surface area contributed by atoms with E-state index in [4.69, 9.17) is 9.47 Å². The van der Waals surface area contributed by atoms with Crippen LogP contribution in [0.25, 0.3) is 0 Å². The predicted octanol–water partition coefficient (Wildman–Crippen LogP) is 1.58. The molecule has 0 aromatic rings. The number of likely N-dealkylation sites (tertiary alicyclic amines) is 1. The SMILES string of the molecule is C=C(C)[C@@H]1[C@H](CO)CN(C(=O)OC(C)(C)C)[C@H]1C(=O)OC. The van der Waals surface area contributed by atoms with Gasteiger partial charge in [0.05, 0.1) is 7.11 Å². The third kappa shape index (κ3) is 3.97. The minimum atomic E-state index is -0.806. The lowest BCUT2D eigenvalue weighted by atomic mass is 9.86. The zero-order valence-electron chi connectivity index (χ0n) is 13.4. The van der Waals surface area contributed by atoms with Crippen LogP contribution in [0.4, 0.5) is 4.79 Å². The molecule has 1 rings (SSSR count). The van der Waals surface area contributed by atoms with Crippen molar-refractivity contribution in [2.45, 2.75) is 39.3 Å². The van der Waals surface area contributed by atoms with Crippen LogP contribution < -0.4 is 0 Å². The summed E-state index contributed by atoms with van der Waals surface area (Å²) in [4.78, 5) is 25.7. The Labute approximate surface area is 125 Å². The van der Waals surface area contributed by atoms with Crippen molar-refractivity contribution in [2.24, 2.45) is 11.8 Å². The fourth-order valence-corrected chi connectivity index (χ4v) is 2.68. The van der Waals surface area contributed by atoms with Crippen molar-refractivity contribution in [3.63, 3.8) is 0 Å². The van der Waals surface area contributed by atoms with Crippen molar-refractivity contribution < 1.29 is 24.2 Å². The smallest absolute Gasteiger partial charge is 0.411 e. The Balaban J connectivity index is 3.09. The van der Waals surface area contributed by atoms with Crippen LogP contribution in [-0.2, 0) is 14.3 Å². The average Bonchev–Trinajstić information content (AvgIpc) is 2.75. The largest absolute Gasteiger partial charge is 0.467 e. The summed E-state index contributed by atoms with van der Waals surface area (Å²) in [6.45, 7) is 11.0. The molecule has 0 saturated carbocycles. The average molecular weight is 299 g/mol. The topological polar surface area (TPSA) is 76.1 Å². The Hall–Kier alpha value is -1.56. The van der Waals surface area contributed by atoms with E-state index in [0.29, 0.717) is 0 Å². The molecule has 1 fully saturated rings. The van der Waals surface area contributed by atoms with Gasteiger partial charge in [0.1, 0.15) is 11.6 Å². The fraction of sp³-hybridized carbons (Fsp3) is 0.733. The first-order valence-corrected chi connectivity index (χ1v) is 6.96. The Morgan fingerprint density at radius 2 is 1.95 bits per heavy atom. The Morgan fingerprint density at radius 1 is 1.38 bits per heavy atom. The number of esters is 1. The van der Waals surface area contributed by atoms with Crippen molar-refractivity contribution in [2.75, 3.05) is 20.3 Å². The first-order valence-electron chi connectivity index (χ1n) is 6.96. The van der Waals surface area contributed by atoms with Crippen molar-refractivity contribution >= 4 is 12.1 Å². The van der Waals surface area contributed by atoms with Crippen molar-refractivity contribution in [3.05, 3.63) is 12.2 Å². The molecule has 0 aromatic heterocycles. The molecule has 0 unspecified atom stereocenters. The fourth-order valence-electron chi connectivity index (χ4n) is 2.68. The van der Waals surface area contributed by atoms with Gasteiger partial charge in [-0.2, -0.15) is 0 Å². The summed E-state index contributed by atoms with van der Waals surface area (Å²) in [6.07, 6.45) is -0.583. The Morgan fingerprint density at radius 3 is 2.33 bits per heavy atom. The summed E-state index contributed by atoms with van der Waals surface area (Å²) < 4.78 is 10.1. The van der Waals surface area contributed by atoms with E-state index in [-0.39, 0.29) is 25.0 Å². The van der Waals surface area contributed by atoms with E-state index in [9.17, 15) is 14.7 Å². The summed E-state index contributed by atoms with van der Waals surface area (Å²) in [5, 5.41) is 9.52. The van der Waals surface area contributed by atoms with Gasteiger partial charge in [-0.3, -0.25) is 4.90 Å². The molecule has 0 aromatic carbocycles. The third-order valence-electron chi connectivity index (χ3n) is 3.49. The number of carbonyl (C=O) groups excluding carboxylic acids is 2. The van der Waals surface area contributed by atoms with E-state index in [1.54, 1.807) is 27.7 Å². The highest BCUT2D eigenvalue weighted by atomic mass is 16.6. The number of aliphatic hydroxyl groups is 1. The van der Waals surface area contributed by atoms with Crippen LogP contribution >= 0.6 is 0 Å². The van der Waals surface area contributed by atoms with Crippen molar-refractivity contribution in [3.8, 4) is 0 Å². The summed E-state index contributed by atoms with van der Waals surface area (Å²) in [5.41, 5.74) is 0.0730. The lowest BCUT2D eigenvalue weighted by Gasteiger charge is -2.29. The number of carbonyl (C=O) groups is 2. The van der Waals surface area contributed by atoms with Crippen LogP contribution in [0, 0.1) is 11.8 Å². The van der Waals surface area contributed by atoms with Gasteiger partial charge in [-0.1, -0.05) is 12.2 Å². The van der Waals surface area contributed by atoms with Gasteiger partial charge in [0.25, 0.3) is 0 Å². The number of methoxy groups -OCH3 is 1. The van der Waals surface area contributed by atoms with E-state index < -0.39 is 23.7 Å². The maximum Gasteiger partial charge on any atom is 0.411 e. The Bertz CT molecular complexity index is 426. The highest BCUT2D eigenvalue weighted by Crippen LogP contribution is 2.36.